The van der Waals surface area contributed by atoms with Crippen LogP contribution in [0.3, 0.4) is 0 Å². The van der Waals surface area contributed by atoms with Crippen LogP contribution in [0.1, 0.15) is 5.56 Å². The maximum absolute atomic E-state index is 14.6. The molecule has 0 spiro atoms. The third-order valence-electron chi connectivity index (χ3n) is 4.15. The van der Waals surface area contributed by atoms with Crippen molar-refractivity contribution in [2.24, 2.45) is 0 Å². The highest BCUT2D eigenvalue weighted by Gasteiger charge is 2.15. The lowest BCUT2D eigenvalue weighted by molar-refractivity contribution is -0.253. The van der Waals surface area contributed by atoms with Crippen LogP contribution in [0.5, 0.6) is 0 Å². The zero-order valence-electron chi connectivity index (χ0n) is 14.2. The first-order chi connectivity index (χ1) is 13.2. The fraction of sp³-hybridized carbons (Fsp3) is 0.0476. The summed E-state index contributed by atoms with van der Waals surface area (Å²) in [5.41, 5.74) is 3.37. The number of rotatable bonds is 5. The first-order valence-electron chi connectivity index (χ1n) is 8.29. The molecule has 4 rings (SSSR count). The number of nitrogens with zero attached hydrogens (tertiary/aromatic N) is 2. The fourth-order valence-corrected chi connectivity index (χ4v) is 2.82. The van der Waals surface area contributed by atoms with Gasteiger partial charge in [-0.25, -0.2) is 9.28 Å². The number of halogens is 1. The molecular weight excluding hydrogens is 347 g/mol. The second kappa shape index (κ2) is 7.49. The molecule has 0 aliphatic heterocycles. The summed E-state index contributed by atoms with van der Waals surface area (Å²) in [6.45, 7) is 0.0497. The Bertz CT molecular complexity index is 1060. The van der Waals surface area contributed by atoms with Gasteiger partial charge in [0.15, 0.2) is 0 Å². The van der Waals surface area contributed by atoms with Crippen LogP contribution in [0, 0.1) is 5.82 Å². The normalized spacial score (nSPS) is 10.9. The van der Waals surface area contributed by atoms with E-state index in [4.69, 9.17) is 9.78 Å². The van der Waals surface area contributed by atoms with Crippen molar-refractivity contribution in [2.75, 3.05) is 0 Å². The molecule has 0 radical (unpaired) electrons. The molecule has 0 saturated heterocycles. The molecule has 0 atom stereocenters. The van der Waals surface area contributed by atoms with Gasteiger partial charge in [0.1, 0.15) is 12.4 Å². The van der Waals surface area contributed by atoms with E-state index in [9.17, 15) is 4.39 Å². The molecule has 5 nitrogen and oxygen atoms in total. The Morgan fingerprint density at radius 2 is 1.70 bits per heavy atom. The number of benzene rings is 3. The number of aromatic nitrogens is 2. The van der Waals surface area contributed by atoms with Crippen molar-refractivity contribution in [3.05, 3.63) is 84.2 Å². The summed E-state index contributed by atoms with van der Waals surface area (Å²) in [5.74, 6) is -0.00349. The van der Waals surface area contributed by atoms with Crippen LogP contribution in [0.2, 0.25) is 0 Å². The van der Waals surface area contributed by atoms with Crippen LogP contribution >= 0.6 is 0 Å². The molecule has 134 valence electrons. The average molecular weight is 362 g/mol. The summed E-state index contributed by atoms with van der Waals surface area (Å²) < 4.78 is 19.9. The van der Waals surface area contributed by atoms with Gasteiger partial charge in [-0.1, -0.05) is 59.8 Å². The van der Waals surface area contributed by atoms with E-state index in [0.717, 1.165) is 16.7 Å². The van der Waals surface area contributed by atoms with Crippen molar-refractivity contribution in [1.82, 2.24) is 10.1 Å². The predicted molar refractivity (Wildman–Crippen MR) is 98.0 cm³/mol. The molecule has 0 unspecified atom stereocenters. The van der Waals surface area contributed by atoms with Gasteiger partial charge < -0.3 is 4.52 Å². The predicted octanol–water partition coefficient (Wildman–Crippen LogP) is 5.20. The van der Waals surface area contributed by atoms with Gasteiger partial charge in [-0.15, -0.1) is 0 Å². The average Bonchev–Trinajstić information content (AvgIpc) is 3.19. The quantitative estimate of drug-likeness (QED) is 0.390. The highest BCUT2D eigenvalue weighted by Crippen LogP contribution is 2.28. The molecule has 1 aromatic heterocycles. The van der Waals surface area contributed by atoms with Gasteiger partial charge in [0.05, 0.1) is 5.56 Å². The summed E-state index contributed by atoms with van der Waals surface area (Å²) >= 11 is 0. The maximum Gasteiger partial charge on any atom is 0.261 e. The standard InChI is InChI=1S/C21H15FN2O3/c22-19-12-16(15-6-2-1-3-7-15)9-10-18(19)21-23-20(24-27-21)17-8-4-5-14(11-17)13-26-25/h1-12,25H,13H2. The summed E-state index contributed by atoms with van der Waals surface area (Å²) in [5, 5.41) is 12.5. The van der Waals surface area contributed by atoms with Crippen LogP contribution in [0.4, 0.5) is 4.39 Å². The molecule has 0 amide bonds. The van der Waals surface area contributed by atoms with Crippen molar-refractivity contribution >= 4 is 0 Å². The summed E-state index contributed by atoms with van der Waals surface area (Å²) in [7, 11) is 0. The van der Waals surface area contributed by atoms with Crippen LogP contribution in [-0.2, 0) is 11.5 Å². The Kier molecular flexibility index (Phi) is 4.74. The van der Waals surface area contributed by atoms with Gasteiger partial charge in [-0.05, 0) is 34.9 Å². The van der Waals surface area contributed by atoms with E-state index in [-0.39, 0.29) is 18.1 Å². The molecular formula is C21H15FN2O3. The third-order valence-corrected chi connectivity index (χ3v) is 4.15. The van der Waals surface area contributed by atoms with Crippen LogP contribution in [0.25, 0.3) is 34.0 Å². The first kappa shape index (κ1) is 17.1. The smallest absolute Gasteiger partial charge is 0.261 e. The summed E-state index contributed by atoms with van der Waals surface area (Å²) in [6, 6.07) is 21.6. The lowest BCUT2D eigenvalue weighted by Crippen LogP contribution is -1.90. The Morgan fingerprint density at radius 1 is 0.889 bits per heavy atom. The zero-order valence-corrected chi connectivity index (χ0v) is 14.2. The topological polar surface area (TPSA) is 68.4 Å². The molecule has 0 saturated carbocycles. The first-order valence-corrected chi connectivity index (χ1v) is 8.29. The molecule has 0 fully saturated rings. The molecule has 3 aromatic carbocycles. The van der Waals surface area contributed by atoms with Crippen molar-refractivity contribution in [2.45, 2.75) is 6.61 Å². The summed E-state index contributed by atoms with van der Waals surface area (Å²) in [4.78, 5) is 8.44. The molecule has 1 N–H and O–H groups in total. The fourth-order valence-electron chi connectivity index (χ4n) is 2.82. The molecule has 1 heterocycles. The third kappa shape index (κ3) is 3.62. The second-order valence-corrected chi connectivity index (χ2v) is 5.96. The summed E-state index contributed by atoms with van der Waals surface area (Å²) in [6.07, 6.45) is 0. The minimum Gasteiger partial charge on any atom is -0.334 e. The maximum atomic E-state index is 14.6. The van der Waals surface area contributed by atoms with Gasteiger partial charge in [0.25, 0.3) is 5.89 Å². The highest BCUT2D eigenvalue weighted by atomic mass is 19.1. The molecule has 27 heavy (non-hydrogen) atoms. The van der Waals surface area contributed by atoms with Crippen LogP contribution < -0.4 is 0 Å². The Balaban J connectivity index is 1.64. The molecule has 0 bridgehead atoms. The molecule has 6 heteroatoms. The minimum absolute atomic E-state index is 0.0497. The van der Waals surface area contributed by atoms with E-state index in [1.165, 1.54) is 6.07 Å². The van der Waals surface area contributed by atoms with Crippen molar-refractivity contribution in [1.29, 1.82) is 0 Å². The van der Waals surface area contributed by atoms with Gasteiger partial charge in [-0.3, -0.25) is 5.26 Å². The van der Waals surface area contributed by atoms with Gasteiger partial charge >= 0.3 is 0 Å². The van der Waals surface area contributed by atoms with Crippen molar-refractivity contribution < 1.29 is 19.1 Å². The van der Waals surface area contributed by atoms with E-state index in [1.807, 2.05) is 36.4 Å². The number of hydrogen-bond acceptors (Lipinski definition) is 5. The van der Waals surface area contributed by atoms with E-state index in [0.29, 0.717) is 11.4 Å². The Morgan fingerprint density at radius 3 is 2.48 bits per heavy atom. The molecule has 0 aliphatic carbocycles. The highest BCUT2D eigenvalue weighted by molar-refractivity contribution is 5.68. The monoisotopic (exact) mass is 362 g/mol. The lowest BCUT2D eigenvalue weighted by Gasteiger charge is -2.03. The van der Waals surface area contributed by atoms with E-state index < -0.39 is 5.82 Å². The molecule has 4 aromatic rings. The largest absolute Gasteiger partial charge is 0.334 e. The van der Waals surface area contributed by atoms with Crippen LogP contribution in [-0.4, -0.2) is 15.4 Å². The van der Waals surface area contributed by atoms with Crippen LogP contribution in [0.15, 0.2) is 77.3 Å². The number of hydrogen-bond donors (Lipinski definition) is 1. The second-order valence-electron chi connectivity index (χ2n) is 5.96. The van der Waals surface area contributed by atoms with E-state index in [2.05, 4.69) is 15.0 Å². The van der Waals surface area contributed by atoms with Gasteiger partial charge in [0, 0.05) is 5.56 Å². The lowest BCUT2D eigenvalue weighted by atomic mass is 10.0. The van der Waals surface area contributed by atoms with Gasteiger partial charge in [-0.2, -0.15) is 4.98 Å². The Hall–Kier alpha value is -3.35. The SMILES string of the molecule is OOCc1cccc(-c2noc(-c3ccc(-c4ccccc4)cc3F)n2)c1. The zero-order chi connectivity index (χ0) is 18.6. The van der Waals surface area contributed by atoms with E-state index in [1.54, 1.807) is 30.3 Å². The minimum atomic E-state index is -0.436. The molecule has 0 aliphatic rings. The van der Waals surface area contributed by atoms with E-state index >= 15 is 0 Å². The Labute approximate surface area is 154 Å². The van der Waals surface area contributed by atoms with Crippen molar-refractivity contribution in [3.8, 4) is 34.0 Å². The van der Waals surface area contributed by atoms with Crippen molar-refractivity contribution in [3.63, 3.8) is 0 Å². The van der Waals surface area contributed by atoms with Gasteiger partial charge in [0.2, 0.25) is 5.82 Å².